The number of hydrogen-bond acceptors (Lipinski definition) is 6. The maximum absolute atomic E-state index is 11.9. The molecule has 27 heavy (non-hydrogen) atoms. The molecule has 2 fully saturated rings. The van der Waals surface area contributed by atoms with Crippen molar-refractivity contribution in [2.75, 3.05) is 52.6 Å². The monoisotopic (exact) mass is 378 g/mol. The summed E-state index contributed by atoms with van der Waals surface area (Å²) in [6.45, 7) is 5.90. The molecule has 7 heteroatoms. The molecule has 2 aliphatic rings. The lowest BCUT2D eigenvalue weighted by Gasteiger charge is -2.39. The molecule has 0 unspecified atom stereocenters. The van der Waals surface area contributed by atoms with Crippen LogP contribution in [0.15, 0.2) is 30.3 Å². The number of amides is 1. The topological polar surface area (TPSA) is 71.5 Å². The normalized spacial score (nSPS) is 25.0. The smallest absolute Gasteiger partial charge is 0.409 e. The number of ether oxygens (including phenoxy) is 3. The molecule has 2 heterocycles. The fourth-order valence-electron chi connectivity index (χ4n) is 3.71. The van der Waals surface area contributed by atoms with E-state index >= 15 is 0 Å². The van der Waals surface area contributed by atoms with E-state index in [-0.39, 0.29) is 19.3 Å². The molecule has 1 atom stereocenters. The van der Waals surface area contributed by atoms with Crippen molar-refractivity contribution in [1.29, 1.82) is 0 Å². The summed E-state index contributed by atoms with van der Waals surface area (Å²) in [7, 11) is 0. The number of carbonyl (C=O) groups excluding carboxylic acids is 1. The number of piperidine rings is 1. The maximum Gasteiger partial charge on any atom is 0.409 e. The number of para-hydroxylation sites is 1. The molecule has 1 N–H and O–H groups in total. The van der Waals surface area contributed by atoms with Crippen molar-refractivity contribution in [2.45, 2.75) is 31.4 Å². The lowest BCUT2D eigenvalue weighted by atomic mass is 10.00. The van der Waals surface area contributed by atoms with E-state index in [0.29, 0.717) is 38.9 Å². The third kappa shape index (κ3) is 5.57. The molecule has 0 radical (unpaired) electrons. The van der Waals surface area contributed by atoms with Crippen molar-refractivity contribution in [3.05, 3.63) is 30.3 Å². The summed E-state index contributed by atoms with van der Waals surface area (Å²) in [5, 5.41) is 11.0. The molecule has 0 aliphatic carbocycles. The summed E-state index contributed by atoms with van der Waals surface area (Å²) >= 11 is 0. The minimum absolute atomic E-state index is 0.190. The van der Waals surface area contributed by atoms with E-state index in [1.54, 1.807) is 4.90 Å². The van der Waals surface area contributed by atoms with Crippen LogP contribution in [0.25, 0.3) is 0 Å². The van der Waals surface area contributed by atoms with E-state index in [1.807, 2.05) is 37.3 Å². The molecular weight excluding hydrogens is 348 g/mol. The summed E-state index contributed by atoms with van der Waals surface area (Å²) in [5.74, 6) is 0.740. The molecule has 2 saturated heterocycles. The summed E-state index contributed by atoms with van der Waals surface area (Å²) < 4.78 is 16.5. The Hall–Kier alpha value is -1.83. The van der Waals surface area contributed by atoms with E-state index in [4.69, 9.17) is 14.2 Å². The van der Waals surface area contributed by atoms with Gasteiger partial charge in [-0.05, 0) is 31.9 Å². The highest BCUT2D eigenvalue weighted by molar-refractivity contribution is 5.67. The standard InChI is InChI=1S/C20H30N2O5/c1-2-26-19(23)21-10-8-17(9-11-21)22-12-13-25-15-20(24,14-22)16-27-18-6-4-3-5-7-18/h3-7,17,24H,2,8-16H2,1H3/t20-/m1/s1. The average molecular weight is 378 g/mol. The van der Waals surface area contributed by atoms with Gasteiger partial charge in [-0.15, -0.1) is 0 Å². The lowest BCUT2D eigenvalue weighted by Crippen LogP contribution is -2.54. The summed E-state index contributed by atoms with van der Waals surface area (Å²) in [6.07, 6.45) is 1.51. The van der Waals surface area contributed by atoms with Gasteiger partial charge >= 0.3 is 6.09 Å². The van der Waals surface area contributed by atoms with Gasteiger partial charge in [0.1, 0.15) is 18.0 Å². The van der Waals surface area contributed by atoms with Crippen LogP contribution in [0, 0.1) is 0 Å². The molecule has 2 aliphatic heterocycles. The molecule has 1 aromatic rings. The lowest BCUT2D eigenvalue weighted by molar-refractivity contribution is -0.0688. The van der Waals surface area contributed by atoms with Gasteiger partial charge in [-0.25, -0.2) is 4.79 Å². The molecular formula is C20H30N2O5. The number of nitrogens with zero attached hydrogens (tertiary/aromatic N) is 2. The first-order chi connectivity index (χ1) is 13.1. The zero-order valence-corrected chi connectivity index (χ0v) is 16.0. The van der Waals surface area contributed by atoms with Crippen molar-refractivity contribution in [3.8, 4) is 5.75 Å². The molecule has 1 amide bonds. The molecule has 7 nitrogen and oxygen atoms in total. The molecule has 0 aromatic heterocycles. The Bertz CT molecular complexity index is 591. The zero-order chi connectivity index (χ0) is 19.1. The number of benzene rings is 1. The van der Waals surface area contributed by atoms with Crippen LogP contribution >= 0.6 is 0 Å². The minimum atomic E-state index is -1.05. The van der Waals surface area contributed by atoms with Crippen molar-refractivity contribution < 1.29 is 24.1 Å². The van der Waals surface area contributed by atoms with Gasteiger partial charge in [-0.3, -0.25) is 4.90 Å². The van der Waals surface area contributed by atoms with Gasteiger partial charge in [0.2, 0.25) is 0 Å². The first-order valence-corrected chi connectivity index (χ1v) is 9.73. The summed E-state index contributed by atoms with van der Waals surface area (Å²) in [4.78, 5) is 15.9. The van der Waals surface area contributed by atoms with Crippen LogP contribution in [-0.2, 0) is 9.47 Å². The predicted octanol–water partition coefficient (Wildman–Crippen LogP) is 1.75. The SMILES string of the molecule is CCOC(=O)N1CCC(N2CCOC[C@@](O)(COc3ccccc3)C2)CC1. The summed E-state index contributed by atoms with van der Waals surface area (Å²) in [6, 6.07) is 9.83. The van der Waals surface area contributed by atoms with E-state index in [0.717, 1.165) is 25.1 Å². The Balaban J connectivity index is 1.54. The fraction of sp³-hybridized carbons (Fsp3) is 0.650. The fourth-order valence-corrected chi connectivity index (χ4v) is 3.71. The van der Waals surface area contributed by atoms with E-state index in [2.05, 4.69) is 4.90 Å². The Labute approximate surface area is 160 Å². The molecule has 150 valence electrons. The number of carbonyl (C=O) groups is 1. The second kappa shape index (κ2) is 9.39. The molecule has 0 spiro atoms. The van der Waals surface area contributed by atoms with E-state index < -0.39 is 5.60 Å². The Morgan fingerprint density at radius 1 is 1.26 bits per heavy atom. The zero-order valence-electron chi connectivity index (χ0n) is 16.0. The maximum atomic E-state index is 11.9. The Morgan fingerprint density at radius 2 is 2.00 bits per heavy atom. The van der Waals surface area contributed by atoms with Crippen molar-refractivity contribution in [3.63, 3.8) is 0 Å². The number of likely N-dealkylation sites (tertiary alicyclic amines) is 1. The van der Waals surface area contributed by atoms with Gasteiger partial charge in [0.05, 0.1) is 19.8 Å². The van der Waals surface area contributed by atoms with Crippen LogP contribution in [-0.4, -0.2) is 85.2 Å². The Kier molecular flexibility index (Phi) is 6.93. The first-order valence-electron chi connectivity index (χ1n) is 9.73. The van der Waals surface area contributed by atoms with Crippen molar-refractivity contribution >= 4 is 6.09 Å². The molecule has 1 aromatic carbocycles. The van der Waals surface area contributed by atoms with Crippen LogP contribution in [0.4, 0.5) is 4.79 Å². The van der Waals surface area contributed by atoms with Gasteiger partial charge in [0.25, 0.3) is 0 Å². The van der Waals surface area contributed by atoms with Crippen LogP contribution in [0.3, 0.4) is 0 Å². The number of hydrogen-bond donors (Lipinski definition) is 1. The number of β-amino-alcohol motifs (C(OH)–C–C–N with tert-alkyl or cyclic N) is 1. The first kappa shape index (κ1) is 19.9. The minimum Gasteiger partial charge on any atom is -0.490 e. The summed E-state index contributed by atoms with van der Waals surface area (Å²) in [5.41, 5.74) is -1.05. The number of rotatable bonds is 5. The predicted molar refractivity (Wildman–Crippen MR) is 101 cm³/mol. The van der Waals surface area contributed by atoms with E-state index in [9.17, 15) is 9.90 Å². The third-order valence-electron chi connectivity index (χ3n) is 5.15. The van der Waals surface area contributed by atoms with Gasteiger partial charge in [0, 0.05) is 32.2 Å². The largest absolute Gasteiger partial charge is 0.490 e. The van der Waals surface area contributed by atoms with Crippen LogP contribution in [0.1, 0.15) is 19.8 Å². The Morgan fingerprint density at radius 3 is 2.70 bits per heavy atom. The average Bonchev–Trinajstić information content (AvgIpc) is 2.90. The van der Waals surface area contributed by atoms with Gasteiger partial charge in [-0.1, -0.05) is 18.2 Å². The van der Waals surface area contributed by atoms with Crippen LogP contribution < -0.4 is 4.74 Å². The second-order valence-corrected chi connectivity index (χ2v) is 7.27. The highest BCUT2D eigenvalue weighted by Crippen LogP contribution is 2.23. The van der Waals surface area contributed by atoms with Gasteiger partial charge < -0.3 is 24.2 Å². The highest BCUT2D eigenvalue weighted by atomic mass is 16.6. The van der Waals surface area contributed by atoms with Gasteiger partial charge in [0.15, 0.2) is 0 Å². The number of aliphatic hydroxyl groups is 1. The van der Waals surface area contributed by atoms with Crippen LogP contribution in [0.2, 0.25) is 0 Å². The third-order valence-corrected chi connectivity index (χ3v) is 5.15. The van der Waals surface area contributed by atoms with Gasteiger partial charge in [-0.2, -0.15) is 0 Å². The van der Waals surface area contributed by atoms with Crippen molar-refractivity contribution in [1.82, 2.24) is 9.80 Å². The molecule has 3 rings (SSSR count). The quantitative estimate of drug-likeness (QED) is 0.842. The van der Waals surface area contributed by atoms with Crippen LogP contribution in [0.5, 0.6) is 5.75 Å². The molecule has 0 bridgehead atoms. The van der Waals surface area contributed by atoms with Crippen molar-refractivity contribution in [2.24, 2.45) is 0 Å². The van der Waals surface area contributed by atoms with E-state index in [1.165, 1.54) is 0 Å². The second-order valence-electron chi connectivity index (χ2n) is 7.27. The highest BCUT2D eigenvalue weighted by Gasteiger charge is 2.37. The molecule has 0 saturated carbocycles.